The van der Waals surface area contributed by atoms with Gasteiger partial charge in [-0.05, 0) is 50.2 Å². The number of benzene rings is 2. The van der Waals surface area contributed by atoms with Crippen molar-refractivity contribution in [3.05, 3.63) is 53.6 Å². The molecular weight excluding hydrogens is 316 g/mol. The van der Waals surface area contributed by atoms with Crippen LogP contribution in [0.1, 0.15) is 18.1 Å². The molecule has 1 aliphatic heterocycles. The predicted octanol–water partition coefficient (Wildman–Crippen LogP) is 3.23. The van der Waals surface area contributed by atoms with E-state index in [1.54, 1.807) is 0 Å². The van der Waals surface area contributed by atoms with E-state index in [0.717, 1.165) is 28.3 Å². The van der Waals surface area contributed by atoms with Crippen molar-refractivity contribution in [2.75, 3.05) is 25.6 Å². The average Bonchev–Trinajstić information content (AvgIpc) is 2.62. The number of ether oxygens (including phenoxy) is 2. The van der Waals surface area contributed by atoms with Crippen LogP contribution >= 0.6 is 0 Å². The first-order valence-corrected chi connectivity index (χ1v) is 8.50. The van der Waals surface area contributed by atoms with Crippen LogP contribution in [-0.2, 0) is 11.3 Å². The molecule has 0 radical (unpaired) electrons. The molecule has 1 amide bonds. The van der Waals surface area contributed by atoms with Gasteiger partial charge < -0.3 is 14.8 Å². The quantitative estimate of drug-likeness (QED) is 0.908. The fourth-order valence-electron chi connectivity index (χ4n) is 2.76. The van der Waals surface area contributed by atoms with Gasteiger partial charge in [-0.2, -0.15) is 0 Å². The summed E-state index contributed by atoms with van der Waals surface area (Å²) in [6, 6.07) is 13.4. The van der Waals surface area contributed by atoms with E-state index in [4.69, 9.17) is 9.47 Å². The Kier molecular flexibility index (Phi) is 5.24. The summed E-state index contributed by atoms with van der Waals surface area (Å²) in [6.45, 7) is 5.70. The number of rotatable bonds is 5. The van der Waals surface area contributed by atoms with Crippen LogP contribution in [0.2, 0.25) is 0 Å². The normalized spacial score (nSPS) is 14.2. The molecule has 1 atom stereocenters. The van der Waals surface area contributed by atoms with Gasteiger partial charge >= 0.3 is 0 Å². The smallest absolute Gasteiger partial charge is 0.241 e. The van der Waals surface area contributed by atoms with E-state index < -0.39 is 0 Å². The maximum atomic E-state index is 12.5. The highest BCUT2D eigenvalue weighted by atomic mass is 16.6. The highest BCUT2D eigenvalue weighted by Crippen LogP contribution is 2.31. The van der Waals surface area contributed by atoms with Crippen molar-refractivity contribution in [2.45, 2.75) is 26.4 Å². The first-order chi connectivity index (χ1) is 12.0. The van der Waals surface area contributed by atoms with Gasteiger partial charge in [-0.3, -0.25) is 9.69 Å². The first kappa shape index (κ1) is 17.3. The number of hydrogen-bond donors (Lipinski definition) is 1. The van der Waals surface area contributed by atoms with Gasteiger partial charge in [-0.15, -0.1) is 0 Å². The van der Waals surface area contributed by atoms with Gasteiger partial charge in [-0.1, -0.05) is 24.3 Å². The second kappa shape index (κ2) is 7.57. The van der Waals surface area contributed by atoms with Crippen LogP contribution in [0.25, 0.3) is 0 Å². The van der Waals surface area contributed by atoms with E-state index >= 15 is 0 Å². The maximum Gasteiger partial charge on any atom is 0.241 e. The summed E-state index contributed by atoms with van der Waals surface area (Å²) in [6.07, 6.45) is 0. The number of nitrogens with one attached hydrogen (secondary N) is 1. The summed E-state index contributed by atoms with van der Waals surface area (Å²) in [4.78, 5) is 14.5. The number of amides is 1. The Morgan fingerprint density at radius 2 is 1.88 bits per heavy atom. The summed E-state index contributed by atoms with van der Waals surface area (Å²) >= 11 is 0. The van der Waals surface area contributed by atoms with Crippen molar-refractivity contribution in [3.63, 3.8) is 0 Å². The van der Waals surface area contributed by atoms with E-state index in [-0.39, 0.29) is 11.9 Å². The molecule has 0 fully saturated rings. The summed E-state index contributed by atoms with van der Waals surface area (Å²) in [5, 5.41) is 3.00. The van der Waals surface area contributed by atoms with Gasteiger partial charge in [-0.25, -0.2) is 0 Å². The molecular formula is C20H24N2O3. The van der Waals surface area contributed by atoms with Gasteiger partial charge in [0.15, 0.2) is 11.5 Å². The largest absolute Gasteiger partial charge is 0.486 e. The second-order valence-corrected chi connectivity index (χ2v) is 6.37. The number of anilines is 1. The molecule has 132 valence electrons. The summed E-state index contributed by atoms with van der Waals surface area (Å²) in [5.41, 5.74) is 2.99. The van der Waals surface area contributed by atoms with Gasteiger partial charge in [0.1, 0.15) is 13.2 Å². The Bertz CT molecular complexity index is 760. The Labute approximate surface area is 148 Å². The van der Waals surface area contributed by atoms with Crippen LogP contribution < -0.4 is 14.8 Å². The third-order valence-corrected chi connectivity index (χ3v) is 4.48. The minimum absolute atomic E-state index is 0.0191. The minimum atomic E-state index is -0.257. The van der Waals surface area contributed by atoms with Crippen molar-refractivity contribution in [3.8, 4) is 11.5 Å². The van der Waals surface area contributed by atoms with Crippen LogP contribution in [0.4, 0.5) is 5.69 Å². The average molecular weight is 340 g/mol. The lowest BCUT2D eigenvalue weighted by atomic mass is 10.1. The van der Waals surface area contributed by atoms with E-state index in [1.807, 2.05) is 68.3 Å². The van der Waals surface area contributed by atoms with Gasteiger partial charge in [0.25, 0.3) is 0 Å². The highest BCUT2D eigenvalue weighted by Gasteiger charge is 2.20. The topological polar surface area (TPSA) is 50.8 Å². The zero-order chi connectivity index (χ0) is 17.8. The van der Waals surface area contributed by atoms with Crippen molar-refractivity contribution in [1.29, 1.82) is 0 Å². The molecule has 0 bridgehead atoms. The zero-order valence-corrected chi connectivity index (χ0v) is 14.9. The molecule has 5 nitrogen and oxygen atoms in total. The van der Waals surface area contributed by atoms with Crippen molar-refractivity contribution in [2.24, 2.45) is 0 Å². The SMILES string of the molecule is Cc1ccccc1NC(=O)[C@@H](C)N(C)Cc1ccc2c(c1)OCCO2. The fourth-order valence-corrected chi connectivity index (χ4v) is 2.76. The Hall–Kier alpha value is -2.53. The molecule has 2 aromatic carbocycles. The maximum absolute atomic E-state index is 12.5. The molecule has 1 N–H and O–H groups in total. The van der Waals surface area contributed by atoms with E-state index in [0.29, 0.717) is 19.8 Å². The molecule has 0 saturated heterocycles. The summed E-state index contributed by atoms with van der Waals surface area (Å²) < 4.78 is 11.2. The third-order valence-electron chi connectivity index (χ3n) is 4.48. The van der Waals surface area contributed by atoms with Crippen LogP contribution in [0.3, 0.4) is 0 Å². The van der Waals surface area contributed by atoms with Crippen molar-refractivity contribution in [1.82, 2.24) is 4.90 Å². The standard InChI is InChI=1S/C20H24N2O3/c1-14-6-4-5-7-17(14)21-20(23)15(2)22(3)13-16-8-9-18-19(12-16)25-11-10-24-18/h4-9,12,15H,10-11,13H2,1-3H3,(H,21,23)/t15-/m1/s1. The first-order valence-electron chi connectivity index (χ1n) is 8.50. The number of para-hydroxylation sites is 1. The number of likely N-dealkylation sites (N-methyl/N-ethyl adjacent to an activating group) is 1. The highest BCUT2D eigenvalue weighted by molar-refractivity contribution is 5.95. The molecule has 0 unspecified atom stereocenters. The van der Waals surface area contributed by atoms with Crippen molar-refractivity contribution < 1.29 is 14.3 Å². The predicted molar refractivity (Wildman–Crippen MR) is 98.2 cm³/mol. The molecule has 3 rings (SSSR count). The molecule has 5 heteroatoms. The summed E-state index contributed by atoms with van der Waals surface area (Å²) in [5.74, 6) is 1.53. The molecule has 1 heterocycles. The van der Waals surface area contributed by atoms with Gasteiger partial charge in [0.05, 0.1) is 6.04 Å². The fraction of sp³-hybridized carbons (Fsp3) is 0.350. The van der Waals surface area contributed by atoms with E-state index in [2.05, 4.69) is 5.32 Å². The molecule has 0 aromatic heterocycles. The third kappa shape index (κ3) is 4.12. The Balaban J connectivity index is 1.63. The number of aryl methyl sites for hydroxylation is 1. The lowest BCUT2D eigenvalue weighted by molar-refractivity contribution is -0.120. The number of nitrogens with zero attached hydrogens (tertiary/aromatic N) is 1. The lowest BCUT2D eigenvalue weighted by Crippen LogP contribution is -2.39. The molecule has 25 heavy (non-hydrogen) atoms. The Morgan fingerprint density at radius 1 is 1.16 bits per heavy atom. The number of carbonyl (C=O) groups is 1. The van der Waals surface area contributed by atoms with E-state index in [1.165, 1.54) is 0 Å². The molecule has 2 aromatic rings. The second-order valence-electron chi connectivity index (χ2n) is 6.37. The van der Waals surface area contributed by atoms with Gasteiger partial charge in [0.2, 0.25) is 5.91 Å². The van der Waals surface area contributed by atoms with Gasteiger partial charge in [0, 0.05) is 12.2 Å². The monoisotopic (exact) mass is 340 g/mol. The number of hydrogen-bond acceptors (Lipinski definition) is 4. The number of fused-ring (bicyclic) bond motifs is 1. The van der Waals surface area contributed by atoms with Crippen LogP contribution in [0, 0.1) is 6.92 Å². The molecule has 1 aliphatic rings. The molecule has 0 aliphatic carbocycles. The van der Waals surface area contributed by atoms with Crippen LogP contribution in [0.15, 0.2) is 42.5 Å². The molecule has 0 spiro atoms. The lowest BCUT2D eigenvalue weighted by Gasteiger charge is -2.25. The number of carbonyl (C=O) groups excluding carboxylic acids is 1. The van der Waals surface area contributed by atoms with Crippen molar-refractivity contribution >= 4 is 11.6 Å². The van der Waals surface area contributed by atoms with E-state index in [9.17, 15) is 4.79 Å². The summed E-state index contributed by atoms with van der Waals surface area (Å²) in [7, 11) is 1.94. The van der Waals surface area contributed by atoms with Crippen LogP contribution in [0.5, 0.6) is 11.5 Å². The Morgan fingerprint density at radius 3 is 2.64 bits per heavy atom. The zero-order valence-electron chi connectivity index (χ0n) is 14.9. The minimum Gasteiger partial charge on any atom is -0.486 e. The van der Waals surface area contributed by atoms with Crippen LogP contribution in [-0.4, -0.2) is 37.1 Å². The molecule has 0 saturated carbocycles.